The van der Waals surface area contributed by atoms with Gasteiger partial charge in [0.25, 0.3) is 0 Å². The van der Waals surface area contributed by atoms with Crippen LogP contribution in [0.5, 0.6) is 0 Å². The first-order chi connectivity index (χ1) is 10.7. The van der Waals surface area contributed by atoms with E-state index in [1.807, 2.05) is 0 Å². The van der Waals surface area contributed by atoms with Gasteiger partial charge in [0.2, 0.25) is 0 Å². The van der Waals surface area contributed by atoms with Crippen LogP contribution in [0.15, 0.2) is 54.1 Å². The average molecular weight is 307 g/mol. The van der Waals surface area contributed by atoms with Crippen LogP contribution in [0.3, 0.4) is 0 Å². The van der Waals surface area contributed by atoms with Gasteiger partial charge >= 0.3 is 0 Å². The molecular formula is C21H26Si. The van der Waals surface area contributed by atoms with Crippen LogP contribution in [0.25, 0.3) is 5.20 Å². The Morgan fingerprint density at radius 3 is 2.77 bits per heavy atom. The van der Waals surface area contributed by atoms with Crippen molar-refractivity contribution in [3.05, 3.63) is 65.3 Å². The van der Waals surface area contributed by atoms with Gasteiger partial charge in [0, 0.05) is 0 Å². The van der Waals surface area contributed by atoms with Gasteiger partial charge in [0.15, 0.2) is 0 Å². The third-order valence-corrected chi connectivity index (χ3v) is 6.98. The summed E-state index contributed by atoms with van der Waals surface area (Å²) < 4.78 is 0. The van der Waals surface area contributed by atoms with Crippen molar-refractivity contribution in [2.24, 2.45) is 0 Å². The number of unbranched alkanes of at least 4 members (excludes halogenated alkanes) is 2. The number of hydrogen-bond donors (Lipinski definition) is 0. The molecule has 1 atom stereocenters. The normalized spacial score (nSPS) is 23.2. The van der Waals surface area contributed by atoms with E-state index in [0.29, 0.717) is 5.04 Å². The van der Waals surface area contributed by atoms with E-state index in [1.54, 1.807) is 10.8 Å². The quantitative estimate of drug-likeness (QED) is 0.451. The van der Waals surface area contributed by atoms with Crippen molar-refractivity contribution in [3.63, 3.8) is 0 Å². The third kappa shape index (κ3) is 3.20. The summed E-state index contributed by atoms with van der Waals surface area (Å²) in [6, 6.07) is 9.01. The molecule has 0 nitrogen and oxygen atoms in total. The van der Waals surface area contributed by atoms with Crippen LogP contribution in [0.1, 0.15) is 57.1 Å². The predicted molar refractivity (Wildman–Crippen MR) is 98.2 cm³/mol. The summed E-state index contributed by atoms with van der Waals surface area (Å²) >= 11 is 0. The molecule has 0 N–H and O–H groups in total. The molecule has 0 fully saturated rings. The number of fused-ring (bicyclic) bond motifs is 1. The van der Waals surface area contributed by atoms with Gasteiger partial charge in [-0.1, -0.05) is 85.5 Å². The smallest absolute Gasteiger partial charge is 0.0840 e. The molecule has 0 aliphatic heterocycles. The number of rotatable bonds is 6. The number of hydrogen-bond acceptors (Lipinski definition) is 0. The van der Waals surface area contributed by atoms with Crippen molar-refractivity contribution >= 4 is 14.7 Å². The Bertz CT molecular complexity index is 621. The van der Waals surface area contributed by atoms with Gasteiger partial charge in [-0.2, -0.15) is 0 Å². The fourth-order valence-electron chi connectivity index (χ4n) is 3.64. The van der Waals surface area contributed by atoms with Crippen LogP contribution in [0.2, 0.25) is 5.04 Å². The zero-order valence-electron chi connectivity index (χ0n) is 13.9. The maximum atomic E-state index is 2.50. The van der Waals surface area contributed by atoms with E-state index in [0.717, 1.165) is 15.9 Å². The van der Waals surface area contributed by atoms with Gasteiger partial charge in [0.05, 0.1) is 9.52 Å². The summed E-state index contributed by atoms with van der Waals surface area (Å²) in [7, 11) is 0.906. The number of benzene rings is 1. The lowest BCUT2D eigenvalue weighted by molar-refractivity contribution is 0.557. The lowest BCUT2D eigenvalue weighted by Gasteiger charge is -2.32. The van der Waals surface area contributed by atoms with Crippen LogP contribution in [-0.4, -0.2) is 9.52 Å². The maximum absolute atomic E-state index is 2.50. The van der Waals surface area contributed by atoms with Crippen molar-refractivity contribution in [3.8, 4) is 0 Å². The molecule has 0 saturated carbocycles. The summed E-state index contributed by atoms with van der Waals surface area (Å²) in [4.78, 5) is 0. The van der Waals surface area contributed by atoms with Gasteiger partial charge in [0.1, 0.15) is 0 Å². The monoisotopic (exact) mass is 306 g/mol. The van der Waals surface area contributed by atoms with Crippen molar-refractivity contribution < 1.29 is 0 Å². The summed E-state index contributed by atoms with van der Waals surface area (Å²) in [5.74, 6) is 0. The Morgan fingerprint density at radius 2 is 2.00 bits per heavy atom. The molecule has 2 aliphatic rings. The minimum atomic E-state index is 0.373. The highest BCUT2D eigenvalue weighted by Crippen LogP contribution is 2.45. The first-order valence-corrected chi connectivity index (χ1v) is 9.65. The second-order valence-electron chi connectivity index (χ2n) is 6.72. The third-order valence-electron chi connectivity index (χ3n) is 4.91. The largest absolute Gasteiger partial charge is 0.0935 e. The Balaban J connectivity index is 1.83. The summed E-state index contributed by atoms with van der Waals surface area (Å²) in [6.07, 6.45) is 17.1. The Hall–Kier alpha value is -1.34. The molecule has 0 aromatic heterocycles. The standard InChI is InChI=1S/C21H26Si/c1-3-4-8-13-21(14-9-5-10-15-21)22-20-17(2)16-18-11-6-7-12-19(18)20/h5-7,9-12,14H,3-4,8,13,15-16H2,1-2H3. The molecule has 0 heterocycles. The molecule has 1 aromatic rings. The highest BCUT2D eigenvalue weighted by molar-refractivity contribution is 6.65. The first kappa shape index (κ1) is 15.5. The maximum Gasteiger partial charge on any atom is 0.0935 e. The van der Waals surface area contributed by atoms with Gasteiger partial charge in [-0.05, 0) is 42.4 Å². The lowest BCUT2D eigenvalue weighted by Crippen LogP contribution is -2.21. The van der Waals surface area contributed by atoms with Crippen molar-refractivity contribution in [1.29, 1.82) is 0 Å². The van der Waals surface area contributed by atoms with Crippen LogP contribution >= 0.6 is 0 Å². The molecule has 114 valence electrons. The molecule has 2 radical (unpaired) electrons. The number of allylic oxidation sites excluding steroid dienone is 5. The van der Waals surface area contributed by atoms with Crippen molar-refractivity contribution in [2.45, 2.75) is 57.4 Å². The molecule has 0 amide bonds. The molecule has 0 spiro atoms. The molecule has 3 rings (SSSR count). The fraction of sp³-hybridized carbons (Fsp3) is 0.429. The van der Waals surface area contributed by atoms with Gasteiger partial charge < -0.3 is 0 Å². The van der Waals surface area contributed by atoms with Crippen LogP contribution < -0.4 is 0 Å². The molecular weight excluding hydrogens is 280 g/mol. The van der Waals surface area contributed by atoms with E-state index in [2.05, 4.69) is 62.4 Å². The Kier molecular flexibility index (Phi) is 4.83. The van der Waals surface area contributed by atoms with Crippen LogP contribution in [0, 0.1) is 0 Å². The zero-order valence-corrected chi connectivity index (χ0v) is 14.9. The molecule has 1 unspecified atom stereocenters. The highest BCUT2D eigenvalue weighted by Gasteiger charge is 2.32. The second kappa shape index (κ2) is 6.83. The molecule has 2 aliphatic carbocycles. The Labute approximate surface area is 137 Å². The average Bonchev–Trinajstić information content (AvgIpc) is 2.85. The zero-order chi connectivity index (χ0) is 15.4. The molecule has 0 saturated heterocycles. The summed E-state index contributed by atoms with van der Waals surface area (Å²) in [5, 5.41) is 2.02. The molecule has 0 bridgehead atoms. The first-order valence-electron chi connectivity index (χ1n) is 8.65. The molecule has 22 heavy (non-hydrogen) atoms. The predicted octanol–water partition coefficient (Wildman–Crippen LogP) is 5.93. The SMILES string of the molecule is CCCCCC1([Si]C2=C(C)Cc3ccccc32)C=CC=CC1. The summed E-state index contributed by atoms with van der Waals surface area (Å²) in [5.41, 5.74) is 4.65. The van der Waals surface area contributed by atoms with E-state index in [4.69, 9.17) is 0 Å². The lowest BCUT2D eigenvalue weighted by atomic mass is 9.93. The van der Waals surface area contributed by atoms with Gasteiger partial charge in [-0.3, -0.25) is 0 Å². The molecule has 1 heteroatoms. The van der Waals surface area contributed by atoms with E-state index < -0.39 is 0 Å². The molecule has 1 aromatic carbocycles. The van der Waals surface area contributed by atoms with Crippen LogP contribution in [-0.2, 0) is 6.42 Å². The highest BCUT2D eigenvalue weighted by atomic mass is 28.2. The van der Waals surface area contributed by atoms with E-state index in [9.17, 15) is 0 Å². The van der Waals surface area contributed by atoms with Gasteiger partial charge in [-0.25, -0.2) is 0 Å². The van der Waals surface area contributed by atoms with Gasteiger partial charge in [-0.15, -0.1) is 0 Å². The van der Waals surface area contributed by atoms with E-state index >= 15 is 0 Å². The minimum Gasteiger partial charge on any atom is -0.0840 e. The van der Waals surface area contributed by atoms with E-state index in [-0.39, 0.29) is 0 Å². The minimum absolute atomic E-state index is 0.373. The van der Waals surface area contributed by atoms with Crippen LogP contribution in [0.4, 0.5) is 0 Å². The topological polar surface area (TPSA) is 0 Å². The van der Waals surface area contributed by atoms with Crippen molar-refractivity contribution in [1.82, 2.24) is 0 Å². The van der Waals surface area contributed by atoms with E-state index in [1.165, 1.54) is 43.2 Å². The fourth-order valence-corrected chi connectivity index (χ4v) is 5.52. The Morgan fingerprint density at radius 1 is 1.14 bits per heavy atom. The van der Waals surface area contributed by atoms with Crippen molar-refractivity contribution in [2.75, 3.05) is 0 Å². The summed E-state index contributed by atoms with van der Waals surface area (Å²) in [6.45, 7) is 4.63. The second-order valence-corrected chi connectivity index (χ2v) is 8.46.